The van der Waals surface area contributed by atoms with Gasteiger partial charge in [-0.15, -0.1) is 0 Å². The standard InChI is InChI=1S/C22H35NO12/c1-27-6-7-28-8-9-29-10-11-30-12-13-31-14-15-32-16-17-33-18-19-34-22(24)35-21-4-2-20(3-5-21)23(25)26/h2-5H,6-19H2,1H3. The Labute approximate surface area is 204 Å². The molecule has 0 saturated heterocycles. The van der Waals surface area contributed by atoms with Crippen molar-refractivity contribution in [2.75, 3.05) is 99.6 Å². The number of nitro benzene ring substituents is 1. The highest BCUT2D eigenvalue weighted by Gasteiger charge is 2.09. The lowest BCUT2D eigenvalue weighted by Crippen LogP contribution is -2.16. The molecular formula is C22H35NO12. The van der Waals surface area contributed by atoms with Crippen LogP contribution in [0, 0.1) is 10.1 Å². The maximum Gasteiger partial charge on any atom is 0.513 e. The Morgan fingerprint density at radius 1 is 0.657 bits per heavy atom. The average Bonchev–Trinajstić information content (AvgIpc) is 2.85. The Bertz CT molecular complexity index is 658. The van der Waals surface area contributed by atoms with Crippen molar-refractivity contribution in [3.63, 3.8) is 0 Å². The highest BCUT2D eigenvalue weighted by atomic mass is 16.7. The molecule has 0 aromatic heterocycles. The number of benzene rings is 1. The van der Waals surface area contributed by atoms with Crippen LogP contribution in [-0.2, 0) is 37.9 Å². The Balaban J connectivity index is 1.78. The summed E-state index contributed by atoms with van der Waals surface area (Å²) in [6.07, 6.45) is -0.921. The Kier molecular flexibility index (Phi) is 19.3. The molecule has 13 heteroatoms. The molecule has 1 aromatic carbocycles. The third-order valence-corrected chi connectivity index (χ3v) is 3.99. The van der Waals surface area contributed by atoms with Crippen molar-refractivity contribution in [2.45, 2.75) is 0 Å². The molecule has 1 rings (SSSR count). The molecule has 0 saturated carbocycles. The van der Waals surface area contributed by atoms with Gasteiger partial charge in [-0.3, -0.25) is 10.1 Å². The topological polar surface area (TPSA) is 143 Å². The predicted molar refractivity (Wildman–Crippen MR) is 122 cm³/mol. The van der Waals surface area contributed by atoms with Crippen molar-refractivity contribution in [3.05, 3.63) is 34.4 Å². The summed E-state index contributed by atoms with van der Waals surface area (Å²) in [5.41, 5.74) is -0.101. The maximum atomic E-state index is 11.5. The van der Waals surface area contributed by atoms with Crippen molar-refractivity contribution in [1.82, 2.24) is 0 Å². The number of carbonyl (C=O) groups excluding carboxylic acids is 1. The fraction of sp³-hybridized carbons (Fsp3) is 0.682. The zero-order chi connectivity index (χ0) is 25.4. The molecule has 200 valence electrons. The molecule has 13 nitrogen and oxygen atoms in total. The van der Waals surface area contributed by atoms with E-state index in [1.54, 1.807) is 7.11 Å². The second-order valence-corrected chi connectivity index (χ2v) is 6.62. The number of non-ortho nitro benzene ring substituents is 1. The van der Waals surface area contributed by atoms with Crippen LogP contribution in [0.4, 0.5) is 10.5 Å². The van der Waals surface area contributed by atoms with E-state index in [1.807, 2.05) is 0 Å². The Morgan fingerprint density at radius 3 is 1.40 bits per heavy atom. The van der Waals surface area contributed by atoms with Gasteiger partial charge in [0.05, 0.1) is 90.8 Å². The van der Waals surface area contributed by atoms with Crippen LogP contribution in [0.2, 0.25) is 0 Å². The van der Waals surface area contributed by atoms with E-state index in [0.29, 0.717) is 79.3 Å². The zero-order valence-electron chi connectivity index (χ0n) is 20.1. The normalized spacial score (nSPS) is 10.9. The highest BCUT2D eigenvalue weighted by molar-refractivity contribution is 5.63. The lowest BCUT2D eigenvalue weighted by atomic mass is 10.3. The molecular weight excluding hydrogens is 470 g/mol. The number of carbonyl (C=O) groups is 1. The molecule has 0 aliphatic heterocycles. The molecule has 1 aromatic rings. The first-order valence-corrected chi connectivity index (χ1v) is 11.2. The number of ether oxygens (including phenoxy) is 9. The summed E-state index contributed by atoms with van der Waals surface area (Å²) in [6.45, 7) is 5.89. The number of nitro groups is 1. The van der Waals surface area contributed by atoms with Crippen molar-refractivity contribution in [1.29, 1.82) is 0 Å². The smallest absolute Gasteiger partial charge is 0.432 e. The van der Waals surface area contributed by atoms with Gasteiger partial charge in [0.1, 0.15) is 12.4 Å². The highest BCUT2D eigenvalue weighted by Crippen LogP contribution is 2.17. The fourth-order valence-electron chi connectivity index (χ4n) is 2.29. The van der Waals surface area contributed by atoms with Crippen LogP contribution in [0.5, 0.6) is 5.75 Å². The minimum Gasteiger partial charge on any atom is -0.432 e. The second-order valence-electron chi connectivity index (χ2n) is 6.62. The molecule has 0 amide bonds. The predicted octanol–water partition coefficient (Wildman–Crippen LogP) is 1.86. The van der Waals surface area contributed by atoms with Gasteiger partial charge in [0.2, 0.25) is 0 Å². The third-order valence-electron chi connectivity index (χ3n) is 3.99. The molecule has 0 aliphatic carbocycles. The first-order valence-electron chi connectivity index (χ1n) is 11.2. The lowest BCUT2D eigenvalue weighted by Gasteiger charge is -2.08. The summed E-state index contributed by atoms with van der Waals surface area (Å²) in [5.74, 6) is 0.147. The fourth-order valence-corrected chi connectivity index (χ4v) is 2.29. The molecule has 0 aliphatic rings. The van der Waals surface area contributed by atoms with Crippen LogP contribution in [0.25, 0.3) is 0 Å². The quantitative estimate of drug-likeness (QED) is 0.0704. The van der Waals surface area contributed by atoms with Crippen LogP contribution in [0.1, 0.15) is 0 Å². The molecule has 0 unspecified atom stereocenters. The molecule has 0 spiro atoms. The van der Waals surface area contributed by atoms with E-state index >= 15 is 0 Å². The van der Waals surface area contributed by atoms with E-state index in [4.69, 9.17) is 42.6 Å². The molecule has 0 bridgehead atoms. The number of hydrogen-bond acceptors (Lipinski definition) is 12. The van der Waals surface area contributed by atoms with Crippen LogP contribution in [0.3, 0.4) is 0 Å². The summed E-state index contributed by atoms with van der Waals surface area (Å²) >= 11 is 0. The van der Waals surface area contributed by atoms with Gasteiger partial charge >= 0.3 is 6.16 Å². The zero-order valence-corrected chi connectivity index (χ0v) is 20.1. The van der Waals surface area contributed by atoms with E-state index in [-0.39, 0.29) is 24.7 Å². The summed E-state index contributed by atoms with van der Waals surface area (Å²) in [4.78, 5) is 21.6. The van der Waals surface area contributed by atoms with E-state index in [9.17, 15) is 14.9 Å². The molecule has 0 heterocycles. The van der Waals surface area contributed by atoms with Gasteiger partial charge in [0, 0.05) is 19.2 Å². The SMILES string of the molecule is COCCOCCOCCOCCOCCOCCOCCOC(=O)Oc1ccc([N+](=O)[O-])cc1. The molecule has 0 radical (unpaired) electrons. The van der Waals surface area contributed by atoms with Gasteiger partial charge in [-0.05, 0) is 12.1 Å². The van der Waals surface area contributed by atoms with E-state index in [1.165, 1.54) is 24.3 Å². The van der Waals surface area contributed by atoms with Crippen molar-refractivity contribution in [2.24, 2.45) is 0 Å². The van der Waals surface area contributed by atoms with Gasteiger partial charge in [-0.2, -0.15) is 0 Å². The number of hydrogen-bond donors (Lipinski definition) is 0. The van der Waals surface area contributed by atoms with Gasteiger partial charge in [0.25, 0.3) is 5.69 Å². The monoisotopic (exact) mass is 505 g/mol. The minimum absolute atomic E-state index is 0.00211. The molecule has 35 heavy (non-hydrogen) atoms. The van der Waals surface area contributed by atoms with Crippen molar-refractivity contribution < 1.29 is 52.3 Å². The van der Waals surface area contributed by atoms with E-state index in [0.717, 1.165) is 0 Å². The van der Waals surface area contributed by atoms with Gasteiger partial charge in [-0.25, -0.2) is 4.79 Å². The summed E-state index contributed by atoms with van der Waals surface area (Å²) in [7, 11) is 1.63. The average molecular weight is 506 g/mol. The second kappa shape index (κ2) is 22.1. The van der Waals surface area contributed by atoms with Crippen LogP contribution in [0.15, 0.2) is 24.3 Å². The number of rotatable bonds is 23. The van der Waals surface area contributed by atoms with Gasteiger partial charge < -0.3 is 42.6 Å². The molecule has 0 atom stereocenters. The summed E-state index contributed by atoms with van der Waals surface area (Å²) in [5, 5.41) is 10.6. The summed E-state index contributed by atoms with van der Waals surface area (Å²) < 4.78 is 46.6. The lowest BCUT2D eigenvalue weighted by molar-refractivity contribution is -0.384. The maximum absolute atomic E-state index is 11.5. The number of nitrogens with zero attached hydrogens (tertiary/aromatic N) is 1. The first-order chi connectivity index (χ1) is 17.1. The largest absolute Gasteiger partial charge is 0.513 e. The van der Waals surface area contributed by atoms with Crippen molar-refractivity contribution >= 4 is 11.8 Å². The van der Waals surface area contributed by atoms with E-state index < -0.39 is 11.1 Å². The van der Waals surface area contributed by atoms with Crippen LogP contribution in [-0.4, -0.2) is 111 Å². The third kappa shape index (κ3) is 18.6. The van der Waals surface area contributed by atoms with Crippen LogP contribution < -0.4 is 4.74 Å². The molecule has 0 N–H and O–H groups in total. The number of methoxy groups -OCH3 is 1. The molecule has 0 fully saturated rings. The van der Waals surface area contributed by atoms with Crippen molar-refractivity contribution in [3.8, 4) is 5.75 Å². The van der Waals surface area contributed by atoms with Crippen LogP contribution >= 0.6 is 0 Å². The Morgan fingerprint density at radius 2 is 1.03 bits per heavy atom. The first kappa shape index (κ1) is 30.6. The summed E-state index contributed by atoms with van der Waals surface area (Å²) in [6, 6.07) is 5.08. The van der Waals surface area contributed by atoms with Gasteiger partial charge in [0.15, 0.2) is 0 Å². The van der Waals surface area contributed by atoms with E-state index in [2.05, 4.69) is 0 Å². The minimum atomic E-state index is -0.921. The van der Waals surface area contributed by atoms with Gasteiger partial charge in [-0.1, -0.05) is 0 Å². The Hall–Kier alpha value is -2.39.